The Morgan fingerprint density at radius 2 is 1.96 bits per heavy atom. The maximum atomic E-state index is 13.1. The molecule has 2 rings (SSSR count). The minimum atomic E-state index is -1.18. The zero-order chi connectivity index (χ0) is 18.1. The fourth-order valence-electron chi connectivity index (χ4n) is 2.90. The van der Waals surface area contributed by atoms with Gasteiger partial charge in [0.1, 0.15) is 16.8 Å². The molecule has 0 fully saturated rings. The van der Waals surface area contributed by atoms with Gasteiger partial charge in [0, 0.05) is 5.56 Å². The maximum Gasteiger partial charge on any atom is 0.321 e. The van der Waals surface area contributed by atoms with Crippen LogP contribution in [-0.4, -0.2) is 24.5 Å². The van der Waals surface area contributed by atoms with Crippen LogP contribution in [0.3, 0.4) is 0 Å². The lowest BCUT2D eigenvalue weighted by Crippen LogP contribution is -2.42. The number of fused-ring (bicyclic) bond motifs is 1. The quantitative estimate of drug-likeness (QED) is 0.473. The summed E-state index contributed by atoms with van der Waals surface area (Å²) in [5.74, 6) is 0.0725. The number of methoxy groups -OCH3 is 1. The monoisotopic (exact) mass is 330 g/mol. The average Bonchev–Trinajstić information content (AvgIpc) is 2.76. The summed E-state index contributed by atoms with van der Waals surface area (Å²) in [5, 5.41) is 0. The molecular weight excluding hydrogens is 304 g/mol. The first-order chi connectivity index (χ1) is 11.1. The summed E-state index contributed by atoms with van der Waals surface area (Å²) in [5.41, 5.74) is 0.677. The molecule has 0 spiro atoms. The molecule has 0 aliphatic heterocycles. The lowest BCUT2D eigenvalue weighted by Gasteiger charge is -2.29. The van der Waals surface area contributed by atoms with Crippen molar-refractivity contribution in [3.05, 3.63) is 41.0 Å². The highest BCUT2D eigenvalue weighted by Gasteiger charge is 2.52. The van der Waals surface area contributed by atoms with E-state index in [9.17, 15) is 9.59 Å². The molecule has 1 aromatic carbocycles. The number of carbonyl (C=O) groups is 2. The molecule has 0 bridgehead atoms. The lowest BCUT2D eigenvalue weighted by atomic mass is 9.79. The molecule has 0 aromatic heterocycles. The summed E-state index contributed by atoms with van der Waals surface area (Å²) >= 11 is 0. The van der Waals surface area contributed by atoms with Gasteiger partial charge in [0.05, 0.1) is 7.11 Å². The molecule has 130 valence electrons. The number of ether oxygens (including phenoxy) is 2. The topological polar surface area (TPSA) is 52.6 Å². The van der Waals surface area contributed by atoms with Gasteiger partial charge in [-0.15, -0.1) is 0 Å². The SMILES string of the molecule is COc1ccc2c(c1)C[C@](CC=C(C)C)(C(=O)OC(C)(C)C)C2=O. The number of hydrogen-bond donors (Lipinski definition) is 0. The molecule has 0 unspecified atom stereocenters. The van der Waals surface area contributed by atoms with Gasteiger partial charge < -0.3 is 9.47 Å². The summed E-state index contributed by atoms with van der Waals surface area (Å²) in [6.45, 7) is 9.36. The molecule has 0 N–H and O–H groups in total. The van der Waals surface area contributed by atoms with Crippen molar-refractivity contribution in [2.45, 2.75) is 53.1 Å². The van der Waals surface area contributed by atoms with Crippen LogP contribution in [0.15, 0.2) is 29.8 Å². The first-order valence-corrected chi connectivity index (χ1v) is 8.17. The molecule has 24 heavy (non-hydrogen) atoms. The van der Waals surface area contributed by atoms with Crippen LogP contribution in [0.5, 0.6) is 5.75 Å². The van der Waals surface area contributed by atoms with Crippen LogP contribution >= 0.6 is 0 Å². The second kappa shape index (κ2) is 6.42. The third-order valence-electron chi connectivity index (χ3n) is 4.13. The number of rotatable bonds is 4. The Kier molecular flexibility index (Phi) is 4.88. The summed E-state index contributed by atoms with van der Waals surface area (Å²) in [6, 6.07) is 5.33. The Hall–Kier alpha value is -2.10. The number of carbonyl (C=O) groups excluding carboxylic acids is 2. The summed E-state index contributed by atoms with van der Waals surface area (Å²) < 4.78 is 10.8. The number of hydrogen-bond acceptors (Lipinski definition) is 4. The van der Waals surface area contributed by atoms with Gasteiger partial charge >= 0.3 is 5.97 Å². The standard InChI is InChI=1S/C20H26O4/c1-13(2)9-10-20(18(22)24-19(3,4)5)12-14-11-15(23-6)7-8-16(14)17(20)21/h7-9,11H,10,12H2,1-6H3/t20-/m0/s1. The van der Waals surface area contributed by atoms with E-state index in [1.54, 1.807) is 19.2 Å². The van der Waals surface area contributed by atoms with E-state index in [1.165, 1.54) is 0 Å². The van der Waals surface area contributed by atoms with Crippen LogP contribution in [0.2, 0.25) is 0 Å². The highest BCUT2D eigenvalue weighted by atomic mass is 16.6. The minimum absolute atomic E-state index is 0.160. The first-order valence-electron chi connectivity index (χ1n) is 8.17. The van der Waals surface area contributed by atoms with E-state index in [1.807, 2.05) is 46.8 Å². The highest BCUT2D eigenvalue weighted by molar-refractivity contribution is 6.16. The molecule has 1 aromatic rings. The van der Waals surface area contributed by atoms with E-state index in [-0.39, 0.29) is 5.78 Å². The van der Waals surface area contributed by atoms with Crippen molar-refractivity contribution in [1.29, 1.82) is 0 Å². The smallest absolute Gasteiger partial charge is 0.321 e. The largest absolute Gasteiger partial charge is 0.497 e. The van der Waals surface area contributed by atoms with Crippen molar-refractivity contribution in [2.75, 3.05) is 7.11 Å². The summed E-state index contributed by atoms with van der Waals surface area (Å²) in [6.07, 6.45) is 2.63. The zero-order valence-corrected chi connectivity index (χ0v) is 15.4. The van der Waals surface area contributed by atoms with E-state index >= 15 is 0 Å². The van der Waals surface area contributed by atoms with Crippen molar-refractivity contribution in [1.82, 2.24) is 0 Å². The summed E-state index contributed by atoms with van der Waals surface area (Å²) in [7, 11) is 1.59. The van der Waals surface area contributed by atoms with Crippen LogP contribution in [0.25, 0.3) is 0 Å². The molecule has 0 saturated heterocycles. The maximum absolute atomic E-state index is 13.1. The van der Waals surface area contributed by atoms with Crippen molar-refractivity contribution in [2.24, 2.45) is 5.41 Å². The number of benzene rings is 1. The molecule has 0 heterocycles. The summed E-state index contributed by atoms with van der Waals surface area (Å²) in [4.78, 5) is 26.0. The zero-order valence-electron chi connectivity index (χ0n) is 15.4. The molecule has 0 amide bonds. The number of esters is 1. The fourth-order valence-corrected chi connectivity index (χ4v) is 2.90. The van der Waals surface area contributed by atoms with Gasteiger partial charge in [-0.05, 0) is 71.2 Å². The molecule has 4 nitrogen and oxygen atoms in total. The predicted octanol–water partition coefficient (Wildman–Crippen LogP) is 4.12. The first kappa shape index (κ1) is 18.2. The lowest BCUT2D eigenvalue weighted by molar-refractivity contribution is -0.164. The van der Waals surface area contributed by atoms with Gasteiger partial charge in [-0.25, -0.2) is 0 Å². The van der Waals surface area contributed by atoms with Gasteiger partial charge in [-0.2, -0.15) is 0 Å². The van der Waals surface area contributed by atoms with Crippen molar-refractivity contribution in [3.63, 3.8) is 0 Å². The second-order valence-electron chi connectivity index (χ2n) is 7.60. The van der Waals surface area contributed by atoms with Crippen LogP contribution in [0, 0.1) is 5.41 Å². The number of allylic oxidation sites excluding steroid dienone is 2. The Morgan fingerprint density at radius 3 is 2.50 bits per heavy atom. The van der Waals surface area contributed by atoms with Gasteiger partial charge in [-0.1, -0.05) is 11.6 Å². The minimum Gasteiger partial charge on any atom is -0.497 e. The van der Waals surface area contributed by atoms with Crippen LogP contribution in [-0.2, 0) is 16.0 Å². The highest BCUT2D eigenvalue weighted by Crippen LogP contribution is 2.43. The number of Topliss-reactive ketones (excluding diaryl/α,β-unsaturated/α-hetero) is 1. The van der Waals surface area contributed by atoms with E-state index in [4.69, 9.17) is 9.47 Å². The van der Waals surface area contributed by atoms with Crippen LogP contribution < -0.4 is 4.74 Å². The second-order valence-corrected chi connectivity index (χ2v) is 7.60. The molecule has 0 radical (unpaired) electrons. The molecular formula is C20H26O4. The normalized spacial score (nSPS) is 19.7. The van der Waals surface area contributed by atoms with E-state index < -0.39 is 17.0 Å². The molecule has 4 heteroatoms. The van der Waals surface area contributed by atoms with Crippen molar-refractivity contribution in [3.8, 4) is 5.75 Å². The van der Waals surface area contributed by atoms with E-state index in [0.717, 1.165) is 11.1 Å². The van der Waals surface area contributed by atoms with E-state index in [2.05, 4.69) is 0 Å². The molecule has 1 aliphatic carbocycles. The van der Waals surface area contributed by atoms with Crippen molar-refractivity contribution < 1.29 is 19.1 Å². The molecule has 0 saturated carbocycles. The Labute approximate surface area is 143 Å². The van der Waals surface area contributed by atoms with Crippen LogP contribution in [0.4, 0.5) is 0 Å². The van der Waals surface area contributed by atoms with Crippen LogP contribution in [0.1, 0.15) is 57.0 Å². The van der Waals surface area contributed by atoms with Crippen molar-refractivity contribution >= 4 is 11.8 Å². The molecule has 1 aliphatic rings. The number of ketones is 1. The van der Waals surface area contributed by atoms with Gasteiger partial charge in [0.15, 0.2) is 5.78 Å². The Bertz CT molecular complexity index is 690. The predicted molar refractivity (Wildman–Crippen MR) is 93.4 cm³/mol. The third kappa shape index (κ3) is 3.53. The Morgan fingerprint density at radius 1 is 1.29 bits per heavy atom. The van der Waals surface area contributed by atoms with Gasteiger partial charge in [0.2, 0.25) is 0 Å². The van der Waals surface area contributed by atoms with E-state index in [0.29, 0.717) is 24.2 Å². The average molecular weight is 330 g/mol. The molecule has 1 atom stereocenters. The third-order valence-corrected chi connectivity index (χ3v) is 4.13. The Balaban J connectivity index is 2.47. The van der Waals surface area contributed by atoms with Gasteiger partial charge in [0.25, 0.3) is 0 Å². The van der Waals surface area contributed by atoms with Gasteiger partial charge in [-0.3, -0.25) is 9.59 Å². The fraction of sp³-hybridized carbons (Fsp3) is 0.500.